The van der Waals surface area contributed by atoms with Crippen LogP contribution in [0, 0.1) is 0 Å². The van der Waals surface area contributed by atoms with Crippen LogP contribution >= 0.6 is 0 Å². The fourth-order valence-electron chi connectivity index (χ4n) is 2.12. The fraction of sp³-hybridized carbons (Fsp3) is 0.857. The third-order valence-corrected chi connectivity index (χ3v) is 3.10. The van der Waals surface area contributed by atoms with Crippen molar-refractivity contribution in [2.45, 2.75) is 58.6 Å². The maximum Gasteiger partial charge on any atom is 0.246 e. The highest BCUT2D eigenvalue weighted by molar-refractivity contribution is 6.05. The van der Waals surface area contributed by atoms with Crippen LogP contribution in [0.25, 0.3) is 0 Å². The van der Waals surface area contributed by atoms with Gasteiger partial charge in [-0.2, -0.15) is 0 Å². The van der Waals surface area contributed by atoms with Crippen LogP contribution in [0.5, 0.6) is 0 Å². The summed E-state index contributed by atoms with van der Waals surface area (Å²) < 4.78 is 5.44. The van der Waals surface area contributed by atoms with Gasteiger partial charge in [-0.05, 0) is 39.7 Å². The largest absolute Gasteiger partial charge is 0.379 e. The molecule has 0 radical (unpaired) electrons. The van der Waals surface area contributed by atoms with Gasteiger partial charge >= 0.3 is 0 Å². The van der Waals surface area contributed by atoms with E-state index >= 15 is 0 Å². The number of nitrogens with zero attached hydrogens (tertiary/aromatic N) is 1. The Balaban J connectivity index is 2.17. The van der Waals surface area contributed by atoms with Crippen LogP contribution in [0.3, 0.4) is 0 Å². The van der Waals surface area contributed by atoms with Gasteiger partial charge in [-0.3, -0.25) is 14.5 Å². The molecule has 1 N–H and O–H groups in total. The zero-order valence-electron chi connectivity index (χ0n) is 12.3. The Bertz CT molecular complexity index is 305. The lowest BCUT2D eigenvalue weighted by atomic mass is 10.2. The van der Waals surface area contributed by atoms with Crippen molar-refractivity contribution in [2.75, 3.05) is 19.7 Å². The van der Waals surface area contributed by atoms with Gasteiger partial charge in [0.1, 0.15) is 0 Å². The highest BCUT2D eigenvalue weighted by Gasteiger charge is 2.37. The van der Waals surface area contributed by atoms with Crippen molar-refractivity contribution in [2.24, 2.45) is 0 Å². The van der Waals surface area contributed by atoms with Crippen molar-refractivity contribution < 1.29 is 14.3 Å². The molecule has 0 bridgehead atoms. The Hall–Kier alpha value is -0.940. The molecule has 110 valence electrons. The van der Waals surface area contributed by atoms with Gasteiger partial charge in [0.05, 0.1) is 18.6 Å². The first-order valence-electron chi connectivity index (χ1n) is 7.25. The van der Waals surface area contributed by atoms with Gasteiger partial charge in [-0.25, -0.2) is 0 Å². The highest BCUT2D eigenvalue weighted by atomic mass is 16.5. The van der Waals surface area contributed by atoms with Crippen molar-refractivity contribution in [1.29, 1.82) is 0 Å². The number of imide groups is 1. The number of unbranched alkanes of at least 4 members (excludes halogenated alkanes) is 1. The van der Waals surface area contributed by atoms with Crippen molar-refractivity contribution in [1.82, 2.24) is 10.2 Å². The summed E-state index contributed by atoms with van der Waals surface area (Å²) in [6.07, 6.45) is 3.32. The Labute approximate surface area is 115 Å². The predicted molar refractivity (Wildman–Crippen MR) is 73.7 cm³/mol. The summed E-state index contributed by atoms with van der Waals surface area (Å²) in [5.41, 5.74) is 0. The summed E-state index contributed by atoms with van der Waals surface area (Å²) in [4.78, 5) is 24.9. The molecule has 5 heteroatoms. The molecule has 5 nitrogen and oxygen atoms in total. The molecule has 2 amide bonds. The minimum Gasteiger partial charge on any atom is -0.379 e. The molecule has 1 saturated heterocycles. The number of carbonyl (C=O) groups excluding carboxylic acids is 2. The molecule has 1 atom stereocenters. The number of ether oxygens (including phenoxy) is 1. The van der Waals surface area contributed by atoms with Gasteiger partial charge in [0.2, 0.25) is 11.8 Å². The monoisotopic (exact) mass is 270 g/mol. The minimum absolute atomic E-state index is 0.0486. The lowest BCUT2D eigenvalue weighted by Crippen LogP contribution is -2.39. The summed E-state index contributed by atoms with van der Waals surface area (Å²) in [6.45, 7) is 8.05. The SMILES string of the molecule is CCCN1C(=O)CC(NCCCCOC(C)C)C1=O. The number of hydrogen-bond donors (Lipinski definition) is 1. The molecule has 1 heterocycles. The average Bonchev–Trinajstić information content (AvgIpc) is 2.61. The maximum atomic E-state index is 11.9. The van der Waals surface area contributed by atoms with E-state index in [-0.39, 0.29) is 24.0 Å². The molecular weight excluding hydrogens is 244 g/mol. The number of rotatable bonds is 9. The van der Waals surface area contributed by atoms with Crippen molar-refractivity contribution in [3.8, 4) is 0 Å². The second-order valence-corrected chi connectivity index (χ2v) is 5.22. The Morgan fingerprint density at radius 2 is 2.11 bits per heavy atom. The lowest BCUT2D eigenvalue weighted by molar-refractivity contribution is -0.138. The number of carbonyl (C=O) groups is 2. The quantitative estimate of drug-likeness (QED) is 0.507. The minimum atomic E-state index is -0.315. The van der Waals surface area contributed by atoms with Crippen molar-refractivity contribution >= 4 is 11.8 Å². The summed E-state index contributed by atoms with van der Waals surface area (Å²) in [5, 5.41) is 3.17. The van der Waals surface area contributed by atoms with Crippen LogP contribution in [-0.2, 0) is 14.3 Å². The van der Waals surface area contributed by atoms with Gasteiger partial charge in [0.25, 0.3) is 0 Å². The molecule has 0 saturated carbocycles. The van der Waals surface area contributed by atoms with Crippen LogP contribution < -0.4 is 5.32 Å². The van der Waals surface area contributed by atoms with E-state index in [9.17, 15) is 9.59 Å². The van der Waals surface area contributed by atoms with Crippen LogP contribution in [0.2, 0.25) is 0 Å². The average molecular weight is 270 g/mol. The highest BCUT2D eigenvalue weighted by Crippen LogP contribution is 2.13. The molecule has 0 aromatic carbocycles. The molecule has 1 rings (SSSR count). The number of nitrogens with one attached hydrogen (secondary N) is 1. The topological polar surface area (TPSA) is 58.6 Å². The standard InChI is InChI=1S/C14H26N2O3/c1-4-8-16-13(17)10-12(14(16)18)15-7-5-6-9-19-11(2)3/h11-12,15H,4-10H2,1-3H3. The third-order valence-electron chi connectivity index (χ3n) is 3.10. The summed E-state index contributed by atoms with van der Waals surface area (Å²) in [6, 6.07) is -0.315. The van der Waals surface area contributed by atoms with Gasteiger partial charge in [0.15, 0.2) is 0 Å². The Kier molecular flexibility index (Phi) is 7.02. The fourth-order valence-corrected chi connectivity index (χ4v) is 2.12. The summed E-state index contributed by atoms with van der Waals surface area (Å²) in [5.74, 6) is -0.113. The molecule has 1 fully saturated rings. The molecule has 1 aliphatic heterocycles. The van der Waals surface area contributed by atoms with E-state index in [1.54, 1.807) is 0 Å². The summed E-state index contributed by atoms with van der Waals surface area (Å²) in [7, 11) is 0. The predicted octanol–water partition coefficient (Wildman–Crippen LogP) is 1.32. The molecule has 0 aromatic rings. The van der Waals surface area contributed by atoms with E-state index in [0.29, 0.717) is 13.0 Å². The number of hydrogen-bond acceptors (Lipinski definition) is 4. The van der Waals surface area contributed by atoms with E-state index in [2.05, 4.69) is 5.32 Å². The van der Waals surface area contributed by atoms with E-state index < -0.39 is 0 Å². The smallest absolute Gasteiger partial charge is 0.246 e. The van der Waals surface area contributed by atoms with Gasteiger partial charge in [-0.1, -0.05) is 6.92 Å². The van der Waals surface area contributed by atoms with Gasteiger partial charge in [-0.15, -0.1) is 0 Å². The Morgan fingerprint density at radius 1 is 1.37 bits per heavy atom. The molecule has 0 spiro atoms. The van der Waals surface area contributed by atoms with E-state index in [1.165, 1.54) is 4.90 Å². The first-order chi connectivity index (χ1) is 9.06. The van der Waals surface area contributed by atoms with Crippen LogP contribution in [0.1, 0.15) is 46.5 Å². The van der Waals surface area contributed by atoms with E-state index in [0.717, 1.165) is 32.4 Å². The number of amides is 2. The van der Waals surface area contributed by atoms with E-state index in [4.69, 9.17) is 4.74 Å². The zero-order valence-corrected chi connectivity index (χ0v) is 12.3. The van der Waals surface area contributed by atoms with Crippen LogP contribution in [-0.4, -0.2) is 48.6 Å². The molecule has 0 aromatic heterocycles. The third kappa shape index (κ3) is 5.28. The van der Waals surface area contributed by atoms with E-state index in [1.807, 2.05) is 20.8 Å². The van der Waals surface area contributed by atoms with Crippen molar-refractivity contribution in [3.05, 3.63) is 0 Å². The van der Waals surface area contributed by atoms with Crippen LogP contribution in [0.4, 0.5) is 0 Å². The number of likely N-dealkylation sites (tertiary alicyclic amines) is 1. The molecule has 19 heavy (non-hydrogen) atoms. The zero-order chi connectivity index (χ0) is 14.3. The van der Waals surface area contributed by atoms with Gasteiger partial charge in [0, 0.05) is 13.2 Å². The summed E-state index contributed by atoms with van der Waals surface area (Å²) >= 11 is 0. The molecule has 1 unspecified atom stereocenters. The molecule has 1 aliphatic rings. The second kappa shape index (κ2) is 8.27. The lowest BCUT2D eigenvalue weighted by Gasteiger charge is -2.14. The first kappa shape index (κ1) is 16.1. The van der Waals surface area contributed by atoms with Crippen molar-refractivity contribution in [3.63, 3.8) is 0 Å². The molecule has 0 aliphatic carbocycles. The normalized spacial score (nSPS) is 19.8. The maximum absolute atomic E-state index is 11.9. The Morgan fingerprint density at radius 3 is 2.74 bits per heavy atom. The van der Waals surface area contributed by atoms with Crippen LogP contribution in [0.15, 0.2) is 0 Å². The first-order valence-corrected chi connectivity index (χ1v) is 7.25. The molecular formula is C14H26N2O3. The van der Waals surface area contributed by atoms with Gasteiger partial charge < -0.3 is 10.1 Å². The second-order valence-electron chi connectivity index (χ2n) is 5.22.